The first-order valence-corrected chi connectivity index (χ1v) is 9.75. The predicted octanol–water partition coefficient (Wildman–Crippen LogP) is 3.80. The topological polar surface area (TPSA) is 94.0 Å². The number of allylic oxidation sites excluding steroid dienone is 1. The molecule has 1 aliphatic carbocycles. The van der Waals surface area contributed by atoms with E-state index in [0.29, 0.717) is 11.7 Å². The number of para-hydroxylation sites is 1. The van der Waals surface area contributed by atoms with Gasteiger partial charge in [0.1, 0.15) is 0 Å². The van der Waals surface area contributed by atoms with Crippen LogP contribution in [0.25, 0.3) is 16.7 Å². The summed E-state index contributed by atoms with van der Waals surface area (Å²) in [6.45, 7) is 5.23. The molecule has 2 N–H and O–H groups in total. The van der Waals surface area contributed by atoms with Crippen molar-refractivity contribution in [2.75, 3.05) is 5.32 Å². The first-order chi connectivity index (χ1) is 14.1. The molecule has 3 aromatic rings. The molecule has 1 aliphatic rings. The molecular formula is C21H24N6O2. The van der Waals surface area contributed by atoms with Crippen molar-refractivity contribution < 1.29 is 9.53 Å². The fraction of sp³-hybridized carbons (Fsp3) is 0.333. The van der Waals surface area contributed by atoms with Gasteiger partial charge in [-0.05, 0) is 38.7 Å². The van der Waals surface area contributed by atoms with E-state index in [4.69, 9.17) is 4.74 Å². The van der Waals surface area contributed by atoms with Crippen LogP contribution >= 0.6 is 0 Å². The number of aromatic nitrogens is 4. The van der Waals surface area contributed by atoms with Crippen molar-refractivity contribution in [3.63, 3.8) is 0 Å². The monoisotopic (exact) mass is 392 g/mol. The standard InChI is InChI=1S/C21H24N6O2/c1-14(2)29-21(28)25-17-9-7-16(8-10-17)24-20-22-12-11-19(26-20)27-18-6-4-3-5-15(18)13-23-27/h3-6,11-13,16-17H,1,7-10H2,2H3,(H,25,28)(H,22,24,26). The number of benzene rings is 1. The lowest BCUT2D eigenvalue weighted by molar-refractivity contribution is 0.168. The second-order valence-electron chi connectivity index (χ2n) is 7.28. The number of carbonyl (C=O) groups is 1. The van der Waals surface area contributed by atoms with Crippen LogP contribution < -0.4 is 10.6 Å². The van der Waals surface area contributed by atoms with E-state index >= 15 is 0 Å². The molecule has 29 heavy (non-hydrogen) atoms. The number of nitrogens with one attached hydrogen (secondary N) is 2. The zero-order chi connectivity index (χ0) is 20.2. The summed E-state index contributed by atoms with van der Waals surface area (Å²) in [5, 5.41) is 11.8. The summed E-state index contributed by atoms with van der Waals surface area (Å²) in [5.41, 5.74) is 1.00. The van der Waals surface area contributed by atoms with Crippen molar-refractivity contribution in [3.05, 3.63) is 55.1 Å². The summed E-state index contributed by atoms with van der Waals surface area (Å²) in [6.07, 6.45) is 6.70. The molecule has 2 aromatic heterocycles. The Morgan fingerprint density at radius 3 is 2.72 bits per heavy atom. The van der Waals surface area contributed by atoms with Crippen molar-refractivity contribution in [2.45, 2.75) is 44.7 Å². The number of amides is 1. The minimum Gasteiger partial charge on any atom is -0.416 e. The summed E-state index contributed by atoms with van der Waals surface area (Å²) < 4.78 is 6.78. The van der Waals surface area contributed by atoms with Gasteiger partial charge in [0.2, 0.25) is 5.95 Å². The first-order valence-electron chi connectivity index (χ1n) is 9.75. The summed E-state index contributed by atoms with van der Waals surface area (Å²) in [4.78, 5) is 20.7. The van der Waals surface area contributed by atoms with Gasteiger partial charge >= 0.3 is 6.09 Å². The van der Waals surface area contributed by atoms with Crippen LogP contribution in [0.2, 0.25) is 0 Å². The molecule has 1 fully saturated rings. The van der Waals surface area contributed by atoms with E-state index in [1.807, 2.05) is 41.2 Å². The van der Waals surface area contributed by atoms with Gasteiger partial charge in [-0.3, -0.25) is 0 Å². The Balaban J connectivity index is 1.37. The zero-order valence-corrected chi connectivity index (χ0v) is 16.3. The van der Waals surface area contributed by atoms with Crippen LogP contribution in [0.5, 0.6) is 0 Å². The van der Waals surface area contributed by atoms with Gasteiger partial charge in [-0.15, -0.1) is 0 Å². The van der Waals surface area contributed by atoms with Crippen molar-refractivity contribution in [1.29, 1.82) is 0 Å². The number of anilines is 1. The largest absolute Gasteiger partial charge is 0.416 e. The molecular weight excluding hydrogens is 368 g/mol. The Hall–Kier alpha value is -3.42. The number of hydrogen-bond donors (Lipinski definition) is 2. The van der Waals surface area contributed by atoms with E-state index in [-0.39, 0.29) is 12.1 Å². The summed E-state index contributed by atoms with van der Waals surface area (Å²) in [5.74, 6) is 1.70. The van der Waals surface area contributed by atoms with Gasteiger partial charge < -0.3 is 15.4 Å². The second kappa shape index (κ2) is 8.30. The molecule has 0 spiro atoms. The molecule has 8 heteroatoms. The number of ether oxygens (including phenoxy) is 1. The molecule has 2 heterocycles. The third-order valence-corrected chi connectivity index (χ3v) is 4.98. The van der Waals surface area contributed by atoms with Gasteiger partial charge in [-0.2, -0.15) is 10.1 Å². The highest BCUT2D eigenvalue weighted by Gasteiger charge is 2.23. The van der Waals surface area contributed by atoms with Crippen LogP contribution in [0.3, 0.4) is 0 Å². The van der Waals surface area contributed by atoms with Crippen molar-refractivity contribution in [1.82, 2.24) is 25.1 Å². The Labute approximate surface area is 169 Å². The van der Waals surface area contributed by atoms with Crippen LogP contribution in [0.15, 0.2) is 55.1 Å². The lowest BCUT2D eigenvalue weighted by atomic mass is 9.91. The molecule has 0 atom stereocenters. The van der Waals surface area contributed by atoms with Gasteiger partial charge in [-0.25, -0.2) is 14.5 Å². The third kappa shape index (κ3) is 4.53. The van der Waals surface area contributed by atoms with Crippen molar-refractivity contribution >= 4 is 22.9 Å². The van der Waals surface area contributed by atoms with Gasteiger partial charge in [0.05, 0.1) is 17.5 Å². The van der Waals surface area contributed by atoms with Crippen LogP contribution in [0.4, 0.5) is 10.7 Å². The van der Waals surface area contributed by atoms with E-state index in [1.165, 1.54) is 0 Å². The number of fused-ring (bicyclic) bond motifs is 1. The number of nitrogens with zero attached hydrogens (tertiary/aromatic N) is 4. The van der Waals surface area contributed by atoms with Crippen LogP contribution in [0.1, 0.15) is 32.6 Å². The average molecular weight is 392 g/mol. The highest BCUT2D eigenvalue weighted by Crippen LogP contribution is 2.22. The Morgan fingerprint density at radius 1 is 1.17 bits per heavy atom. The summed E-state index contributed by atoms with van der Waals surface area (Å²) >= 11 is 0. The number of hydrogen-bond acceptors (Lipinski definition) is 6. The molecule has 0 aliphatic heterocycles. The van der Waals surface area contributed by atoms with Crippen molar-refractivity contribution in [3.8, 4) is 5.82 Å². The van der Waals surface area contributed by atoms with E-state index in [0.717, 1.165) is 42.4 Å². The Kier molecular flexibility index (Phi) is 5.41. The fourth-order valence-electron chi connectivity index (χ4n) is 3.61. The van der Waals surface area contributed by atoms with Gasteiger partial charge in [-0.1, -0.05) is 24.8 Å². The van der Waals surface area contributed by atoms with Gasteiger partial charge in [0, 0.05) is 29.7 Å². The summed E-state index contributed by atoms with van der Waals surface area (Å²) in [7, 11) is 0. The normalized spacial score (nSPS) is 18.9. The molecule has 4 rings (SSSR count). The number of carbonyl (C=O) groups excluding carboxylic acids is 1. The zero-order valence-electron chi connectivity index (χ0n) is 16.3. The molecule has 1 saturated carbocycles. The van der Waals surface area contributed by atoms with E-state index in [1.54, 1.807) is 13.1 Å². The molecule has 1 aromatic carbocycles. The molecule has 8 nitrogen and oxygen atoms in total. The molecule has 0 unspecified atom stereocenters. The summed E-state index contributed by atoms with van der Waals surface area (Å²) in [6, 6.07) is 10.2. The minimum atomic E-state index is -0.434. The fourth-order valence-corrected chi connectivity index (χ4v) is 3.61. The molecule has 0 bridgehead atoms. The van der Waals surface area contributed by atoms with Crippen LogP contribution in [-0.4, -0.2) is 37.9 Å². The smallest absolute Gasteiger partial charge is 0.412 e. The SMILES string of the molecule is C=C(C)OC(=O)NC1CCC(Nc2nccc(-n3ncc4ccccc43)n2)CC1. The highest BCUT2D eigenvalue weighted by molar-refractivity contribution is 5.79. The highest BCUT2D eigenvalue weighted by atomic mass is 16.6. The van der Waals surface area contributed by atoms with E-state index in [9.17, 15) is 4.79 Å². The Morgan fingerprint density at radius 2 is 1.93 bits per heavy atom. The van der Waals surface area contributed by atoms with Crippen LogP contribution in [0, 0.1) is 0 Å². The second-order valence-corrected chi connectivity index (χ2v) is 7.28. The molecule has 1 amide bonds. The van der Waals surface area contributed by atoms with E-state index < -0.39 is 6.09 Å². The Bertz CT molecular complexity index is 1020. The maximum absolute atomic E-state index is 11.7. The molecule has 150 valence electrons. The first kappa shape index (κ1) is 18.9. The lowest BCUT2D eigenvalue weighted by Crippen LogP contribution is -2.40. The lowest BCUT2D eigenvalue weighted by Gasteiger charge is -2.29. The van der Waals surface area contributed by atoms with Gasteiger partial charge in [0.15, 0.2) is 5.82 Å². The average Bonchev–Trinajstić information content (AvgIpc) is 3.13. The maximum Gasteiger partial charge on any atom is 0.412 e. The van der Waals surface area contributed by atoms with Crippen molar-refractivity contribution in [2.24, 2.45) is 0 Å². The van der Waals surface area contributed by atoms with Gasteiger partial charge in [0.25, 0.3) is 0 Å². The minimum absolute atomic E-state index is 0.114. The maximum atomic E-state index is 11.7. The molecule has 0 saturated heterocycles. The van der Waals surface area contributed by atoms with Crippen LogP contribution in [-0.2, 0) is 4.74 Å². The number of rotatable bonds is 5. The molecule has 0 radical (unpaired) electrons. The predicted molar refractivity (Wildman–Crippen MR) is 111 cm³/mol. The quantitative estimate of drug-likeness (QED) is 0.642. The number of alkyl carbamates (subject to hydrolysis) is 1. The third-order valence-electron chi connectivity index (χ3n) is 4.98. The van der Waals surface area contributed by atoms with E-state index in [2.05, 4.69) is 32.3 Å².